The third-order valence-electron chi connectivity index (χ3n) is 6.72. The molecule has 0 radical (unpaired) electrons. The van der Waals surface area contributed by atoms with Gasteiger partial charge in [0, 0.05) is 28.1 Å². The lowest BCUT2D eigenvalue weighted by molar-refractivity contribution is -0.264. The summed E-state index contributed by atoms with van der Waals surface area (Å²) in [6.07, 6.45) is -15.7. The van der Waals surface area contributed by atoms with Gasteiger partial charge < -0.3 is 15.4 Å². The summed E-state index contributed by atoms with van der Waals surface area (Å²) in [5.74, 6) is -2.18. The summed E-state index contributed by atoms with van der Waals surface area (Å²) in [4.78, 5) is 24.5. The normalized spacial score (nSPS) is 17.7. The van der Waals surface area contributed by atoms with Crippen LogP contribution in [0.3, 0.4) is 0 Å². The van der Waals surface area contributed by atoms with Crippen molar-refractivity contribution in [2.75, 3.05) is 13.1 Å². The Kier molecular flexibility index (Phi) is 8.39. The molecule has 0 bridgehead atoms. The number of ether oxygens (including phenoxy) is 1. The van der Waals surface area contributed by atoms with Crippen molar-refractivity contribution in [2.45, 2.75) is 37.5 Å². The van der Waals surface area contributed by atoms with Gasteiger partial charge in [-0.1, -0.05) is 41.9 Å². The maximum atomic E-state index is 14.7. The van der Waals surface area contributed by atoms with Crippen LogP contribution >= 0.6 is 11.6 Å². The van der Waals surface area contributed by atoms with Crippen LogP contribution in [0.25, 0.3) is 16.3 Å². The van der Waals surface area contributed by atoms with Crippen LogP contribution in [0.15, 0.2) is 60.4 Å². The standard InChI is InChI=1S/C28H20ClF9N2O3/c1-14-22(11-25(43-14,28(36,37)38)15-8-16(27(33,34)35)10-17(29)9-15)20-6-7-21(19-5-3-2-4-18(19)20)24(42)39-12-23(41)40-13-26(30,31)32/h2-10H,11-13H2,1H3,(H,39,42)(H,40,41). The van der Waals surface area contributed by atoms with Crippen LogP contribution < -0.4 is 10.6 Å². The van der Waals surface area contributed by atoms with Gasteiger partial charge in [-0.15, -0.1) is 0 Å². The number of amides is 2. The van der Waals surface area contributed by atoms with E-state index < -0.39 is 71.6 Å². The monoisotopic (exact) mass is 638 g/mol. The number of carbonyl (C=O) groups is 2. The fraction of sp³-hybridized carbons (Fsp3) is 0.286. The number of fused-ring (bicyclic) bond motifs is 1. The van der Waals surface area contributed by atoms with Crippen LogP contribution in [0.1, 0.15) is 40.4 Å². The number of nitrogens with one attached hydrogen (secondary N) is 2. The second-order valence-electron chi connectivity index (χ2n) is 9.65. The molecule has 5 nitrogen and oxygen atoms in total. The molecule has 1 atom stereocenters. The van der Waals surface area contributed by atoms with E-state index in [1.807, 2.05) is 0 Å². The molecule has 230 valence electrons. The summed E-state index contributed by atoms with van der Waals surface area (Å²) in [5, 5.41) is 3.72. The van der Waals surface area contributed by atoms with Crippen molar-refractivity contribution in [1.82, 2.24) is 10.6 Å². The zero-order valence-corrected chi connectivity index (χ0v) is 22.6. The number of rotatable bonds is 6. The predicted molar refractivity (Wildman–Crippen MR) is 138 cm³/mol. The number of hydrogen-bond acceptors (Lipinski definition) is 3. The van der Waals surface area contributed by atoms with Crippen molar-refractivity contribution < 1.29 is 53.8 Å². The van der Waals surface area contributed by atoms with Crippen molar-refractivity contribution >= 4 is 39.8 Å². The fourth-order valence-corrected chi connectivity index (χ4v) is 5.00. The zero-order chi connectivity index (χ0) is 32.0. The third-order valence-corrected chi connectivity index (χ3v) is 6.93. The van der Waals surface area contributed by atoms with Gasteiger partial charge in [0.05, 0.1) is 17.9 Å². The lowest BCUT2D eigenvalue weighted by Gasteiger charge is -2.33. The van der Waals surface area contributed by atoms with Crippen LogP contribution in [0, 0.1) is 0 Å². The first-order valence-electron chi connectivity index (χ1n) is 12.3. The molecule has 0 aliphatic carbocycles. The molecule has 3 aromatic carbocycles. The highest BCUT2D eigenvalue weighted by molar-refractivity contribution is 6.30. The second-order valence-corrected chi connectivity index (χ2v) is 10.1. The summed E-state index contributed by atoms with van der Waals surface area (Å²) < 4.78 is 127. The highest BCUT2D eigenvalue weighted by Crippen LogP contribution is 2.55. The molecule has 2 N–H and O–H groups in total. The van der Waals surface area contributed by atoms with Gasteiger partial charge in [0.25, 0.3) is 5.91 Å². The topological polar surface area (TPSA) is 67.4 Å². The minimum absolute atomic E-state index is 0.000505. The number of carbonyl (C=O) groups excluding carboxylic acids is 2. The Labute approximate surface area is 242 Å². The van der Waals surface area contributed by atoms with Gasteiger partial charge in [-0.3, -0.25) is 9.59 Å². The van der Waals surface area contributed by atoms with Crippen molar-refractivity contribution in [1.29, 1.82) is 0 Å². The van der Waals surface area contributed by atoms with Gasteiger partial charge in [-0.2, -0.15) is 39.5 Å². The van der Waals surface area contributed by atoms with E-state index >= 15 is 0 Å². The Morgan fingerprint density at radius 2 is 1.56 bits per heavy atom. The van der Waals surface area contributed by atoms with E-state index in [4.69, 9.17) is 16.3 Å². The fourth-order valence-electron chi connectivity index (χ4n) is 4.76. The quantitative estimate of drug-likeness (QED) is 0.275. The molecule has 0 saturated heterocycles. The van der Waals surface area contributed by atoms with Crippen molar-refractivity contribution in [3.63, 3.8) is 0 Å². The van der Waals surface area contributed by atoms with Gasteiger partial charge >= 0.3 is 18.5 Å². The lowest BCUT2D eigenvalue weighted by atomic mass is 9.83. The van der Waals surface area contributed by atoms with E-state index in [1.54, 1.807) is 5.32 Å². The molecule has 0 fully saturated rings. The third kappa shape index (κ3) is 6.68. The Morgan fingerprint density at radius 1 is 0.907 bits per heavy atom. The largest absolute Gasteiger partial charge is 0.477 e. The van der Waals surface area contributed by atoms with E-state index in [0.717, 1.165) is 6.07 Å². The SMILES string of the molecule is CC1=C(c2ccc(C(=O)NCC(=O)NCC(F)(F)F)c3ccccc23)CC(c2cc(Cl)cc(C(F)(F)F)c2)(C(F)(F)F)O1. The molecule has 4 rings (SSSR count). The highest BCUT2D eigenvalue weighted by atomic mass is 35.5. The average Bonchev–Trinajstić information content (AvgIpc) is 3.27. The molecule has 1 aliphatic heterocycles. The number of alkyl halides is 9. The highest BCUT2D eigenvalue weighted by Gasteiger charge is 2.62. The molecule has 0 spiro atoms. The second kappa shape index (κ2) is 11.3. The van der Waals surface area contributed by atoms with E-state index in [2.05, 4.69) is 5.32 Å². The van der Waals surface area contributed by atoms with Crippen LogP contribution in [-0.2, 0) is 21.3 Å². The summed E-state index contributed by atoms with van der Waals surface area (Å²) in [6.45, 7) is -1.15. The van der Waals surface area contributed by atoms with Crippen molar-refractivity contribution in [2.24, 2.45) is 0 Å². The van der Waals surface area contributed by atoms with E-state index in [0.29, 0.717) is 12.1 Å². The maximum Gasteiger partial charge on any atom is 0.432 e. The number of benzene rings is 3. The number of halogens is 10. The Balaban J connectivity index is 1.70. The predicted octanol–water partition coefficient (Wildman–Crippen LogP) is 7.53. The Hall–Kier alpha value is -3.94. The van der Waals surface area contributed by atoms with Crippen LogP contribution in [-0.4, -0.2) is 37.3 Å². The van der Waals surface area contributed by atoms with Gasteiger partial charge in [-0.05, 0) is 47.5 Å². The molecule has 0 aromatic heterocycles. The Bertz CT molecular complexity index is 1610. The smallest absolute Gasteiger partial charge is 0.432 e. The molecule has 15 heteroatoms. The number of allylic oxidation sites excluding steroid dienone is 1. The molecule has 1 unspecified atom stereocenters. The number of hydrogen-bond donors (Lipinski definition) is 2. The first kappa shape index (κ1) is 32.0. The average molecular weight is 639 g/mol. The first-order valence-corrected chi connectivity index (χ1v) is 12.7. The molecule has 43 heavy (non-hydrogen) atoms. The zero-order valence-electron chi connectivity index (χ0n) is 21.8. The minimum atomic E-state index is -5.19. The van der Waals surface area contributed by atoms with Crippen LogP contribution in [0.4, 0.5) is 39.5 Å². The molecule has 0 saturated carbocycles. The van der Waals surface area contributed by atoms with Crippen molar-refractivity contribution in [3.8, 4) is 0 Å². The van der Waals surface area contributed by atoms with Gasteiger partial charge in [0.1, 0.15) is 6.54 Å². The summed E-state index contributed by atoms with van der Waals surface area (Å²) in [7, 11) is 0. The van der Waals surface area contributed by atoms with Gasteiger partial charge in [0.15, 0.2) is 0 Å². The van der Waals surface area contributed by atoms with Crippen LogP contribution in [0.2, 0.25) is 5.02 Å². The van der Waals surface area contributed by atoms with Crippen molar-refractivity contribution in [3.05, 3.63) is 87.6 Å². The molecular formula is C28H20ClF9N2O3. The first-order chi connectivity index (χ1) is 19.8. The Morgan fingerprint density at radius 3 is 2.16 bits per heavy atom. The van der Waals surface area contributed by atoms with Gasteiger partial charge in [-0.25, -0.2) is 0 Å². The van der Waals surface area contributed by atoms with E-state index in [9.17, 15) is 49.1 Å². The molecule has 1 aliphatic rings. The lowest BCUT2D eigenvalue weighted by Crippen LogP contribution is -2.42. The summed E-state index contributed by atoms with van der Waals surface area (Å²) >= 11 is 5.79. The van der Waals surface area contributed by atoms with E-state index in [1.165, 1.54) is 43.3 Å². The van der Waals surface area contributed by atoms with Crippen LogP contribution in [0.5, 0.6) is 0 Å². The molecule has 1 heterocycles. The molecule has 3 aromatic rings. The van der Waals surface area contributed by atoms with E-state index in [-0.39, 0.29) is 33.2 Å². The summed E-state index contributed by atoms with van der Waals surface area (Å²) in [6, 6.07) is 10.2. The van der Waals surface area contributed by atoms with Gasteiger partial charge in [0.2, 0.25) is 11.5 Å². The minimum Gasteiger partial charge on any atom is -0.477 e. The molecular weight excluding hydrogens is 619 g/mol. The molecule has 2 amide bonds. The maximum absolute atomic E-state index is 14.7. The summed E-state index contributed by atoms with van der Waals surface area (Å²) in [5.41, 5.74) is -5.29.